The number of hydrogen-bond donors (Lipinski definition) is 1. The van der Waals surface area contributed by atoms with Crippen LogP contribution in [0.4, 0.5) is 0 Å². The van der Waals surface area contributed by atoms with Crippen molar-refractivity contribution in [3.05, 3.63) is 58.5 Å². The number of hydrogen-bond acceptors (Lipinski definition) is 4. The fourth-order valence-corrected chi connectivity index (χ4v) is 3.38. The molecule has 6 nitrogen and oxygen atoms in total. The molecule has 0 unspecified atom stereocenters. The molecule has 0 spiro atoms. The monoisotopic (exact) mass is 429 g/mol. The molecule has 0 heterocycles. The van der Waals surface area contributed by atoms with Crippen molar-refractivity contribution in [2.24, 2.45) is 5.11 Å². The highest BCUT2D eigenvalue weighted by Gasteiger charge is 2.18. The molecule has 0 aliphatic rings. The Morgan fingerprint density at radius 1 is 1.03 bits per heavy atom. The van der Waals surface area contributed by atoms with Crippen molar-refractivity contribution in [3.8, 4) is 0 Å². The Balaban J connectivity index is 2.16. The number of benzene rings is 1. The third kappa shape index (κ3) is 13.6. The number of carbonyl (C=O) groups is 1. The molecule has 0 aliphatic heterocycles. The second kappa shape index (κ2) is 18.5. The highest BCUT2D eigenvalue weighted by atomic mass is 16.5. The number of aliphatic hydroxyl groups excluding tert-OH is 1. The number of esters is 1. The maximum absolute atomic E-state index is 12.0. The van der Waals surface area contributed by atoms with Crippen molar-refractivity contribution in [3.63, 3.8) is 0 Å². The number of ether oxygens (including phenoxy) is 1. The van der Waals surface area contributed by atoms with E-state index in [-0.39, 0.29) is 6.61 Å². The minimum absolute atomic E-state index is 0.165. The minimum Gasteiger partial charge on any atom is -0.462 e. The van der Waals surface area contributed by atoms with Crippen LogP contribution in [0.25, 0.3) is 10.4 Å². The van der Waals surface area contributed by atoms with Crippen LogP contribution in [0.1, 0.15) is 94.3 Å². The molecule has 6 heteroatoms. The van der Waals surface area contributed by atoms with Crippen molar-refractivity contribution in [2.45, 2.75) is 96.1 Å². The molecule has 172 valence electrons. The second-order valence-electron chi connectivity index (χ2n) is 7.98. The zero-order valence-electron chi connectivity index (χ0n) is 19.0. The van der Waals surface area contributed by atoms with Gasteiger partial charge in [0.05, 0.1) is 11.7 Å². The van der Waals surface area contributed by atoms with Crippen molar-refractivity contribution in [2.75, 3.05) is 6.61 Å². The van der Waals surface area contributed by atoms with Crippen LogP contribution in [-0.4, -0.2) is 29.8 Å². The van der Waals surface area contributed by atoms with Gasteiger partial charge in [-0.2, -0.15) is 0 Å². The van der Waals surface area contributed by atoms with Crippen molar-refractivity contribution < 1.29 is 14.6 Å². The summed E-state index contributed by atoms with van der Waals surface area (Å²) in [6.45, 7) is 2.08. The third-order valence-electron chi connectivity index (χ3n) is 5.30. The zero-order chi connectivity index (χ0) is 22.6. The van der Waals surface area contributed by atoms with E-state index in [1.54, 1.807) is 30.3 Å². The van der Waals surface area contributed by atoms with Gasteiger partial charge in [-0.25, -0.2) is 4.79 Å². The average Bonchev–Trinajstić information content (AvgIpc) is 2.79. The lowest BCUT2D eigenvalue weighted by Gasteiger charge is -2.15. The molecule has 0 aromatic heterocycles. The van der Waals surface area contributed by atoms with E-state index in [9.17, 15) is 9.90 Å². The number of allylic oxidation sites excluding steroid dienone is 1. The van der Waals surface area contributed by atoms with Gasteiger partial charge in [0.25, 0.3) is 0 Å². The maximum atomic E-state index is 12.0. The molecule has 2 atom stereocenters. The van der Waals surface area contributed by atoms with E-state index < -0.39 is 18.1 Å². The van der Waals surface area contributed by atoms with Gasteiger partial charge in [-0.05, 0) is 30.5 Å². The van der Waals surface area contributed by atoms with E-state index in [2.05, 4.69) is 16.9 Å². The fraction of sp³-hybridized carbons (Fsp3) is 0.640. The smallest absolute Gasteiger partial charge is 0.338 e. The van der Waals surface area contributed by atoms with Gasteiger partial charge in [-0.15, -0.1) is 0 Å². The molecule has 0 radical (unpaired) electrons. The van der Waals surface area contributed by atoms with E-state index in [0.717, 1.165) is 12.8 Å². The predicted octanol–water partition coefficient (Wildman–Crippen LogP) is 7.14. The van der Waals surface area contributed by atoms with Gasteiger partial charge in [0.1, 0.15) is 12.6 Å². The van der Waals surface area contributed by atoms with Crippen LogP contribution in [0.15, 0.2) is 47.6 Å². The first-order valence-corrected chi connectivity index (χ1v) is 11.8. The average molecular weight is 430 g/mol. The van der Waals surface area contributed by atoms with Crippen LogP contribution >= 0.6 is 0 Å². The number of carbonyl (C=O) groups excluding carboxylic acids is 1. The first kappa shape index (κ1) is 26.7. The Morgan fingerprint density at radius 3 is 2.19 bits per heavy atom. The Bertz CT molecular complexity index is 657. The van der Waals surface area contributed by atoms with Gasteiger partial charge in [0.2, 0.25) is 0 Å². The van der Waals surface area contributed by atoms with Crippen LogP contribution in [0, 0.1) is 0 Å². The summed E-state index contributed by atoms with van der Waals surface area (Å²) in [7, 11) is 0. The Hall–Kier alpha value is -2.30. The molecule has 1 rings (SSSR count). The molecule has 0 aliphatic carbocycles. The second-order valence-corrected chi connectivity index (χ2v) is 7.98. The SMILES string of the molecule is CCCCCCCCCCCCC/C=C/[C@@H](O)[C@H](COC(=O)c1ccccc1)N=[N+]=[N-]. The normalized spacial score (nSPS) is 13.0. The lowest BCUT2D eigenvalue weighted by molar-refractivity contribution is 0.0418. The van der Waals surface area contributed by atoms with Gasteiger partial charge in [0.15, 0.2) is 0 Å². The third-order valence-corrected chi connectivity index (χ3v) is 5.30. The number of unbranched alkanes of at least 4 members (excludes halogenated alkanes) is 11. The summed E-state index contributed by atoms with van der Waals surface area (Å²) in [4.78, 5) is 14.8. The molecular weight excluding hydrogens is 390 g/mol. The molecule has 1 aromatic carbocycles. The van der Waals surface area contributed by atoms with Gasteiger partial charge in [0, 0.05) is 4.91 Å². The van der Waals surface area contributed by atoms with E-state index in [1.807, 2.05) is 12.1 Å². The summed E-state index contributed by atoms with van der Waals surface area (Å²) < 4.78 is 5.19. The zero-order valence-corrected chi connectivity index (χ0v) is 19.0. The van der Waals surface area contributed by atoms with Crippen LogP contribution in [-0.2, 0) is 4.74 Å². The Kier molecular flexibility index (Phi) is 15.9. The molecule has 0 saturated carbocycles. The van der Waals surface area contributed by atoms with Gasteiger partial charge < -0.3 is 9.84 Å². The quantitative estimate of drug-likeness (QED) is 0.0670. The molecule has 0 bridgehead atoms. The molecule has 0 saturated heterocycles. The minimum atomic E-state index is -0.979. The van der Waals surface area contributed by atoms with Gasteiger partial charge in [-0.1, -0.05) is 107 Å². The predicted molar refractivity (Wildman–Crippen MR) is 126 cm³/mol. The largest absolute Gasteiger partial charge is 0.462 e. The van der Waals surface area contributed by atoms with Crippen LogP contribution in [0.3, 0.4) is 0 Å². The molecule has 0 amide bonds. The Labute approximate surface area is 187 Å². The highest BCUT2D eigenvalue weighted by Crippen LogP contribution is 2.12. The highest BCUT2D eigenvalue weighted by molar-refractivity contribution is 5.89. The summed E-state index contributed by atoms with van der Waals surface area (Å²) in [6, 6.07) is 7.75. The first-order valence-electron chi connectivity index (χ1n) is 11.8. The molecule has 0 fully saturated rings. The van der Waals surface area contributed by atoms with E-state index >= 15 is 0 Å². The number of aliphatic hydroxyl groups is 1. The van der Waals surface area contributed by atoms with E-state index in [4.69, 9.17) is 10.3 Å². The van der Waals surface area contributed by atoms with Crippen molar-refractivity contribution in [1.82, 2.24) is 0 Å². The number of rotatable bonds is 18. The maximum Gasteiger partial charge on any atom is 0.338 e. The topological polar surface area (TPSA) is 95.3 Å². The van der Waals surface area contributed by atoms with Crippen molar-refractivity contribution in [1.29, 1.82) is 0 Å². The number of azide groups is 1. The van der Waals surface area contributed by atoms with Gasteiger partial charge >= 0.3 is 5.97 Å². The van der Waals surface area contributed by atoms with Crippen LogP contribution < -0.4 is 0 Å². The Morgan fingerprint density at radius 2 is 1.61 bits per heavy atom. The molecule has 31 heavy (non-hydrogen) atoms. The number of nitrogens with zero attached hydrogens (tertiary/aromatic N) is 3. The lowest BCUT2D eigenvalue weighted by atomic mass is 10.0. The molecule has 1 aromatic rings. The van der Waals surface area contributed by atoms with E-state index in [1.165, 1.54) is 64.2 Å². The summed E-state index contributed by atoms with van der Waals surface area (Å²) in [5.41, 5.74) is 9.15. The summed E-state index contributed by atoms with van der Waals surface area (Å²) >= 11 is 0. The molecular formula is C25H39N3O3. The summed E-state index contributed by atoms with van der Waals surface area (Å²) in [6.07, 6.45) is 17.7. The fourth-order valence-electron chi connectivity index (χ4n) is 3.38. The van der Waals surface area contributed by atoms with Gasteiger partial charge in [-0.3, -0.25) is 0 Å². The van der Waals surface area contributed by atoms with Crippen molar-refractivity contribution >= 4 is 5.97 Å². The van der Waals surface area contributed by atoms with Crippen LogP contribution in [0.2, 0.25) is 0 Å². The standard InChI is InChI=1S/C25H39N3O3/c1-2-3-4-5-6-7-8-9-10-11-12-13-17-20-24(29)23(27-28-26)21-31-25(30)22-18-15-14-16-19-22/h14-20,23-24,29H,2-13,21H2,1H3/b20-17+/t23-,24+/m0/s1. The molecule has 1 N–H and O–H groups in total. The summed E-state index contributed by atoms with van der Waals surface area (Å²) in [5, 5.41) is 13.8. The van der Waals surface area contributed by atoms with E-state index in [0.29, 0.717) is 5.56 Å². The summed E-state index contributed by atoms with van der Waals surface area (Å²) in [5.74, 6) is -0.504. The lowest BCUT2D eigenvalue weighted by Crippen LogP contribution is -2.28. The first-order chi connectivity index (χ1) is 15.2. The van der Waals surface area contributed by atoms with Crippen LogP contribution in [0.5, 0.6) is 0 Å².